The van der Waals surface area contributed by atoms with E-state index in [1.54, 1.807) is 19.6 Å². The van der Waals surface area contributed by atoms with Gasteiger partial charge in [0, 0.05) is 0 Å². The molecule has 2 aromatic rings. The van der Waals surface area contributed by atoms with Gasteiger partial charge in [-0.2, -0.15) is 0 Å². The Morgan fingerprint density at radius 3 is 2.81 bits per heavy atom. The van der Waals surface area contributed by atoms with Crippen molar-refractivity contribution >= 4 is 11.9 Å². The number of hydrogen-bond acceptors (Lipinski definition) is 3. The number of ether oxygens (including phenoxy) is 1. The van der Waals surface area contributed by atoms with Gasteiger partial charge in [0.25, 0.3) is 0 Å². The van der Waals surface area contributed by atoms with Crippen molar-refractivity contribution in [1.82, 2.24) is 0 Å². The molecule has 0 unspecified atom stereocenters. The van der Waals surface area contributed by atoms with Crippen LogP contribution in [0.5, 0.6) is 5.75 Å². The highest BCUT2D eigenvalue weighted by Crippen LogP contribution is 2.30. The van der Waals surface area contributed by atoms with Crippen molar-refractivity contribution in [3.05, 3.63) is 47.9 Å². The van der Waals surface area contributed by atoms with E-state index >= 15 is 0 Å². The Morgan fingerprint density at radius 1 is 1.25 bits per heavy atom. The average Bonchev–Trinajstić information content (AvgIpc) is 2.79. The Balaban J connectivity index is 2.31. The van der Waals surface area contributed by atoms with Crippen molar-refractivity contribution in [2.75, 3.05) is 7.11 Å². The lowest BCUT2D eigenvalue weighted by atomic mass is 10.2. The van der Waals surface area contributed by atoms with Crippen molar-refractivity contribution in [1.29, 1.82) is 0 Å². The van der Waals surface area contributed by atoms with E-state index in [4.69, 9.17) is 9.15 Å². The first-order valence-corrected chi connectivity index (χ1v) is 5.02. The topological polar surface area (TPSA) is 34.7 Å². The van der Waals surface area contributed by atoms with Crippen LogP contribution in [0.3, 0.4) is 0 Å². The molecule has 3 nitrogen and oxygen atoms in total. The summed E-state index contributed by atoms with van der Waals surface area (Å²) >= 11 is 0. The van der Waals surface area contributed by atoms with E-state index < -0.39 is 0 Å². The Hall–Kier alpha value is -2.03. The summed E-state index contributed by atoms with van der Waals surface area (Å²) in [6.07, 6.45) is 3.30. The first-order valence-electron chi connectivity index (χ1n) is 5.02. The molecule has 0 N–H and O–H groups in total. The SMILES string of the molecule is COc1c(C)cccc1N=Cc1ccco1. The number of aryl methyl sites for hydroxylation is 1. The molecule has 0 radical (unpaired) electrons. The van der Waals surface area contributed by atoms with Crippen LogP contribution in [-0.4, -0.2) is 13.3 Å². The third-order valence-electron chi connectivity index (χ3n) is 2.27. The van der Waals surface area contributed by atoms with Crippen LogP contribution >= 0.6 is 0 Å². The third-order valence-corrected chi connectivity index (χ3v) is 2.27. The van der Waals surface area contributed by atoms with Crippen LogP contribution in [0.4, 0.5) is 5.69 Å². The van der Waals surface area contributed by atoms with Crippen LogP contribution in [0.15, 0.2) is 46.0 Å². The molecular formula is C13H13NO2. The van der Waals surface area contributed by atoms with E-state index in [1.807, 2.05) is 37.3 Å². The van der Waals surface area contributed by atoms with Gasteiger partial charge >= 0.3 is 0 Å². The van der Waals surface area contributed by atoms with E-state index in [1.165, 1.54) is 0 Å². The van der Waals surface area contributed by atoms with Crippen molar-refractivity contribution < 1.29 is 9.15 Å². The monoisotopic (exact) mass is 215 g/mol. The predicted octanol–water partition coefficient (Wildman–Crippen LogP) is 3.35. The van der Waals surface area contributed by atoms with Gasteiger partial charge in [0.1, 0.15) is 17.2 Å². The number of para-hydroxylation sites is 1. The van der Waals surface area contributed by atoms with Gasteiger partial charge in [-0.15, -0.1) is 0 Å². The highest BCUT2D eigenvalue weighted by Gasteiger charge is 2.03. The number of benzene rings is 1. The zero-order valence-electron chi connectivity index (χ0n) is 9.31. The Labute approximate surface area is 94.4 Å². The van der Waals surface area contributed by atoms with Gasteiger partial charge in [-0.25, -0.2) is 4.99 Å². The van der Waals surface area contributed by atoms with Gasteiger partial charge in [-0.3, -0.25) is 0 Å². The summed E-state index contributed by atoms with van der Waals surface area (Å²) in [4.78, 5) is 4.34. The molecule has 0 bridgehead atoms. The molecule has 16 heavy (non-hydrogen) atoms. The maximum Gasteiger partial charge on any atom is 0.147 e. The molecule has 0 saturated carbocycles. The highest BCUT2D eigenvalue weighted by atomic mass is 16.5. The summed E-state index contributed by atoms with van der Waals surface area (Å²) < 4.78 is 10.5. The lowest BCUT2D eigenvalue weighted by Crippen LogP contribution is -1.87. The molecule has 0 aliphatic heterocycles. The molecule has 0 atom stereocenters. The van der Waals surface area contributed by atoms with Crippen LogP contribution in [0.1, 0.15) is 11.3 Å². The van der Waals surface area contributed by atoms with E-state index in [0.717, 1.165) is 22.8 Å². The summed E-state index contributed by atoms with van der Waals surface area (Å²) in [5.74, 6) is 1.52. The van der Waals surface area contributed by atoms with Crippen LogP contribution < -0.4 is 4.74 Å². The van der Waals surface area contributed by atoms with Crippen molar-refractivity contribution in [2.24, 2.45) is 4.99 Å². The lowest BCUT2D eigenvalue weighted by molar-refractivity contribution is 0.413. The van der Waals surface area contributed by atoms with E-state index in [-0.39, 0.29) is 0 Å². The van der Waals surface area contributed by atoms with Gasteiger partial charge in [0.05, 0.1) is 19.6 Å². The summed E-state index contributed by atoms with van der Waals surface area (Å²) in [5.41, 5.74) is 1.87. The number of nitrogens with zero attached hydrogens (tertiary/aromatic N) is 1. The zero-order chi connectivity index (χ0) is 11.4. The van der Waals surface area contributed by atoms with Gasteiger partial charge in [0.2, 0.25) is 0 Å². The fourth-order valence-corrected chi connectivity index (χ4v) is 1.50. The minimum Gasteiger partial charge on any atom is -0.494 e. The molecule has 3 heteroatoms. The largest absolute Gasteiger partial charge is 0.494 e. The Morgan fingerprint density at radius 2 is 2.12 bits per heavy atom. The molecule has 0 aliphatic rings. The smallest absolute Gasteiger partial charge is 0.147 e. The standard InChI is InChI=1S/C13H13NO2/c1-10-5-3-7-12(13(10)15-2)14-9-11-6-4-8-16-11/h3-9H,1-2H3. The van der Waals surface area contributed by atoms with Gasteiger partial charge in [-0.1, -0.05) is 12.1 Å². The van der Waals surface area contributed by atoms with Crippen LogP contribution in [0.2, 0.25) is 0 Å². The van der Waals surface area contributed by atoms with Crippen molar-refractivity contribution in [2.45, 2.75) is 6.92 Å². The highest BCUT2D eigenvalue weighted by molar-refractivity contribution is 5.79. The number of hydrogen-bond donors (Lipinski definition) is 0. The third kappa shape index (κ3) is 2.14. The fraction of sp³-hybridized carbons (Fsp3) is 0.154. The molecule has 0 aliphatic carbocycles. The van der Waals surface area contributed by atoms with Gasteiger partial charge < -0.3 is 9.15 Å². The lowest BCUT2D eigenvalue weighted by Gasteiger charge is -2.06. The normalized spacial score (nSPS) is 10.9. The van der Waals surface area contributed by atoms with Crippen molar-refractivity contribution in [3.63, 3.8) is 0 Å². The first kappa shape index (κ1) is 10.5. The molecular weight excluding hydrogens is 202 g/mol. The number of methoxy groups -OCH3 is 1. The summed E-state index contributed by atoms with van der Waals surface area (Å²) in [7, 11) is 1.65. The van der Waals surface area contributed by atoms with Crippen LogP contribution in [0, 0.1) is 6.92 Å². The minimum atomic E-state index is 0.726. The van der Waals surface area contributed by atoms with E-state index in [9.17, 15) is 0 Å². The second kappa shape index (κ2) is 4.66. The second-order valence-electron chi connectivity index (χ2n) is 3.40. The Kier molecular flexibility index (Phi) is 3.05. The van der Waals surface area contributed by atoms with Crippen LogP contribution in [0.25, 0.3) is 0 Å². The quantitative estimate of drug-likeness (QED) is 0.736. The van der Waals surface area contributed by atoms with E-state index in [0.29, 0.717) is 0 Å². The molecule has 1 heterocycles. The number of aliphatic imine (C=N–C) groups is 1. The molecule has 1 aromatic carbocycles. The molecule has 0 amide bonds. The molecule has 82 valence electrons. The molecule has 0 saturated heterocycles. The molecule has 2 rings (SSSR count). The summed E-state index contributed by atoms with van der Waals surface area (Å²) in [6.45, 7) is 1.99. The van der Waals surface area contributed by atoms with Gasteiger partial charge in [0.15, 0.2) is 0 Å². The summed E-state index contributed by atoms with van der Waals surface area (Å²) in [6, 6.07) is 9.53. The minimum absolute atomic E-state index is 0.726. The molecule has 0 spiro atoms. The zero-order valence-corrected chi connectivity index (χ0v) is 9.31. The molecule has 0 fully saturated rings. The maximum absolute atomic E-state index is 5.30. The first-order chi connectivity index (χ1) is 7.81. The average molecular weight is 215 g/mol. The second-order valence-corrected chi connectivity index (χ2v) is 3.40. The molecule has 1 aromatic heterocycles. The fourth-order valence-electron chi connectivity index (χ4n) is 1.50. The van der Waals surface area contributed by atoms with E-state index in [2.05, 4.69) is 4.99 Å². The summed E-state index contributed by atoms with van der Waals surface area (Å²) in [5, 5.41) is 0. The van der Waals surface area contributed by atoms with Crippen molar-refractivity contribution in [3.8, 4) is 5.75 Å². The number of furan rings is 1. The maximum atomic E-state index is 5.30. The Bertz CT molecular complexity index is 487. The van der Waals surface area contributed by atoms with Crippen LogP contribution in [-0.2, 0) is 0 Å². The van der Waals surface area contributed by atoms with Gasteiger partial charge in [-0.05, 0) is 30.7 Å². The number of rotatable bonds is 3. The predicted molar refractivity (Wildman–Crippen MR) is 63.7 cm³/mol.